The van der Waals surface area contributed by atoms with Gasteiger partial charge in [-0.3, -0.25) is 4.90 Å². The van der Waals surface area contributed by atoms with Gasteiger partial charge in [0.1, 0.15) is 11.9 Å². The van der Waals surface area contributed by atoms with E-state index >= 15 is 0 Å². The smallest absolute Gasteiger partial charge is 0.247 e. The predicted octanol–water partition coefficient (Wildman–Crippen LogP) is 4.77. The molecule has 2 heterocycles. The molecule has 1 aliphatic rings. The Morgan fingerprint density at radius 1 is 0.829 bits per heavy atom. The molecule has 3 aromatic carbocycles. The summed E-state index contributed by atoms with van der Waals surface area (Å²) in [4.78, 5) is 4.95. The average molecular weight is 472 g/mol. The lowest BCUT2D eigenvalue weighted by Crippen LogP contribution is -2.47. The quantitative estimate of drug-likeness (QED) is 0.355. The minimum absolute atomic E-state index is 0.266. The summed E-state index contributed by atoms with van der Waals surface area (Å²) in [6.07, 6.45) is 0.989. The van der Waals surface area contributed by atoms with Gasteiger partial charge < -0.3 is 14.6 Å². The average Bonchev–Trinajstić information content (AvgIpc) is 3.41. The molecular weight excluding hydrogens is 441 g/mol. The molecule has 0 saturated carbocycles. The molecule has 1 saturated heterocycles. The van der Waals surface area contributed by atoms with Crippen molar-refractivity contribution in [2.45, 2.75) is 12.5 Å². The summed E-state index contributed by atoms with van der Waals surface area (Å²) in [5, 5.41) is 12.1. The number of nitrogens with zero attached hydrogens (tertiary/aromatic N) is 4. The van der Waals surface area contributed by atoms with Gasteiger partial charge in [0, 0.05) is 37.4 Å². The Labute approximate surface area is 205 Å². The van der Waals surface area contributed by atoms with Crippen LogP contribution in [0.25, 0.3) is 11.5 Å². The Hall–Kier alpha value is -3.55. The third kappa shape index (κ3) is 5.93. The van der Waals surface area contributed by atoms with Gasteiger partial charge in [-0.1, -0.05) is 48.5 Å². The van der Waals surface area contributed by atoms with Crippen molar-refractivity contribution in [3.63, 3.8) is 0 Å². The predicted molar refractivity (Wildman–Crippen MR) is 136 cm³/mol. The van der Waals surface area contributed by atoms with Crippen LogP contribution >= 0.6 is 0 Å². The van der Waals surface area contributed by atoms with Gasteiger partial charge >= 0.3 is 0 Å². The molecule has 0 unspecified atom stereocenters. The molecular formula is C28H30FN5O. The van der Waals surface area contributed by atoms with Crippen molar-refractivity contribution < 1.29 is 8.81 Å². The molecule has 0 radical (unpaired) electrons. The summed E-state index contributed by atoms with van der Waals surface area (Å²) in [7, 11) is 0. The fraction of sp³-hybridized carbons (Fsp3) is 0.286. The number of rotatable bonds is 9. The van der Waals surface area contributed by atoms with Gasteiger partial charge in [-0.15, -0.1) is 10.2 Å². The van der Waals surface area contributed by atoms with Crippen LogP contribution < -0.4 is 10.2 Å². The summed E-state index contributed by atoms with van der Waals surface area (Å²) >= 11 is 0. The maximum Gasteiger partial charge on any atom is 0.247 e. The standard InChI is InChI=1S/C28H30FN5O/c29-24-14-12-22(13-15-24)26(28-32-31-27(35-28)23-8-3-1-4-9-23)30-16-7-17-33-18-20-34(21-19-33)25-10-5-2-6-11-25/h1-6,8-15,26,30H,7,16-21H2/t26-/m1/s1. The lowest BCUT2D eigenvalue weighted by Gasteiger charge is -2.36. The number of halogens is 1. The van der Waals surface area contributed by atoms with Gasteiger partial charge in [0.25, 0.3) is 0 Å². The summed E-state index contributed by atoms with van der Waals surface area (Å²) in [5.41, 5.74) is 3.07. The van der Waals surface area contributed by atoms with Crippen LogP contribution in [0.2, 0.25) is 0 Å². The van der Waals surface area contributed by atoms with Gasteiger partial charge in [-0.05, 0) is 61.5 Å². The highest BCUT2D eigenvalue weighted by Gasteiger charge is 2.22. The van der Waals surface area contributed by atoms with Crippen molar-refractivity contribution in [2.75, 3.05) is 44.2 Å². The number of benzene rings is 3. The molecule has 6 nitrogen and oxygen atoms in total. The first-order valence-electron chi connectivity index (χ1n) is 12.2. The van der Waals surface area contributed by atoms with E-state index < -0.39 is 0 Å². The maximum absolute atomic E-state index is 13.5. The molecule has 0 spiro atoms. The van der Waals surface area contributed by atoms with E-state index in [9.17, 15) is 4.39 Å². The number of hydrogen-bond donors (Lipinski definition) is 1. The Bertz CT molecular complexity index is 1170. The molecule has 0 bridgehead atoms. The van der Waals surface area contributed by atoms with Crippen LogP contribution in [-0.2, 0) is 0 Å². The summed E-state index contributed by atoms with van der Waals surface area (Å²) in [6, 6.07) is 26.5. The SMILES string of the molecule is Fc1ccc([C@@H](NCCCN2CCN(c3ccccc3)CC2)c2nnc(-c3ccccc3)o2)cc1. The first-order chi connectivity index (χ1) is 17.3. The fourth-order valence-electron chi connectivity index (χ4n) is 4.47. The van der Waals surface area contributed by atoms with E-state index in [0.29, 0.717) is 11.8 Å². The van der Waals surface area contributed by atoms with E-state index in [-0.39, 0.29) is 11.9 Å². The molecule has 1 N–H and O–H groups in total. The molecule has 1 aromatic heterocycles. The number of aromatic nitrogens is 2. The maximum atomic E-state index is 13.5. The van der Waals surface area contributed by atoms with E-state index in [1.807, 2.05) is 30.3 Å². The topological polar surface area (TPSA) is 57.4 Å². The van der Waals surface area contributed by atoms with E-state index in [4.69, 9.17) is 4.42 Å². The molecule has 0 amide bonds. The largest absolute Gasteiger partial charge is 0.419 e. The van der Waals surface area contributed by atoms with Crippen LogP contribution in [0.1, 0.15) is 23.9 Å². The molecule has 7 heteroatoms. The van der Waals surface area contributed by atoms with Crippen LogP contribution in [0.15, 0.2) is 89.3 Å². The van der Waals surface area contributed by atoms with Crippen LogP contribution in [-0.4, -0.2) is 54.4 Å². The second-order valence-corrected chi connectivity index (χ2v) is 8.77. The zero-order chi connectivity index (χ0) is 23.9. The monoisotopic (exact) mass is 471 g/mol. The Morgan fingerprint density at radius 2 is 1.51 bits per heavy atom. The van der Waals surface area contributed by atoms with E-state index in [2.05, 4.69) is 55.6 Å². The van der Waals surface area contributed by atoms with Crippen molar-refractivity contribution in [1.29, 1.82) is 0 Å². The Balaban J connectivity index is 1.18. The number of piperazine rings is 1. The number of nitrogens with one attached hydrogen (secondary N) is 1. The second kappa shape index (κ2) is 11.3. The first kappa shape index (κ1) is 23.2. The van der Waals surface area contributed by atoms with Crippen molar-refractivity contribution >= 4 is 5.69 Å². The van der Waals surface area contributed by atoms with E-state index in [0.717, 1.165) is 56.8 Å². The number of anilines is 1. The highest BCUT2D eigenvalue weighted by atomic mass is 19.1. The van der Waals surface area contributed by atoms with Crippen LogP contribution in [0.5, 0.6) is 0 Å². The van der Waals surface area contributed by atoms with Crippen LogP contribution in [0, 0.1) is 5.82 Å². The van der Waals surface area contributed by atoms with Gasteiger partial charge in [-0.25, -0.2) is 4.39 Å². The van der Waals surface area contributed by atoms with Gasteiger partial charge in [0.2, 0.25) is 11.8 Å². The second-order valence-electron chi connectivity index (χ2n) is 8.77. The Kier molecular flexibility index (Phi) is 7.46. The molecule has 1 atom stereocenters. The molecule has 1 fully saturated rings. The molecule has 180 valence electrons. The van der Waals surface area contributed by atoms with Crippen molar-refractivity contribution in [2.24, 2.45) is 0 Å². The van der Waals surface area contributed by atoms with Gasteiger partial charge in [0.15, 0.2) is 0 Å². The fourth-order valence-corrected chi connectivity index (χ4v) is 4.47. The van der Waals surface area contributed by atoms with E-state index in [1.165, 1.54) is 17.8 Å². The lowest BCUT2D eigenvalue weighted by molar-refractivity contribution is 0.252. The first-order valence-corrected chi connectivity index (χ1v) is 12.2. The van der Waals surface area contributed by atoms with Gasteiger partial charge in [-0.2, -0.15) is 0 Å². The highest BCUT2D eigenvalue weighted by molar-refractivity contribution is 5.52. The van der Waals surface area contributed by atoms with Crippen molar-refractivity contribution in [3.05, 3.63) is 102 Å². The molecule has 35 heavy (non-hydrogen) atoms. The minimum atomic E-state index is -0.296. The Morgan fingerprint density at radius 3 is 2.23 bits per heavy atom. The van der Waals surface area contributed by atoms with Crippen molar-refractivity contribution in [3.8, 4) is 11.5 Å². The normalized spacial score (nSPS) is 15.3. The summed E-state index contributed by atoms with van der Waals surface area (Å²) < 4.78 is 19.6. The number of para-hydroxylation sites is 1. The highest BCUT2D eigenvalue weighted by Crippen LogP contribution is 2.25. The minimum Gasteiger partial charge on any atom is -0.419 e. The molecule has 1 aliphatic heterocycles. The number of hydrogen-bond acceptors (Lipinski definition) is 6. The third-order valence-electron chi connectivity index (χ3n) is 6.40. The zero-order valence-electron chi connectivity index (χ0n) is 19.7. The van der Waals surface area contributed by atoms with E-state index in [1.54, 1.807) is 12.1 Å². The third-order valence-corrected chi connectivity index (χ3v) is 6.40. The molecule has 0 aliphatic carbocycles. The zero-order valence-corrected chi connectivity index (χ0v) is 19.7. The molecule has 4 aromatic rings. The van der Waals surface area contributed by atoms with Gasteiger partial charge in [0.05, 0.1) is 0 Å². The van der Waals surface area contributed by atoms with Crippen LogP contribution in [0.4, 0.5) is 10.1 Å². The van der Waals surface area contributed by atoms with Crippen molar-refractivity contribution in [1.82, 2.24) is 20.4 Å². The lowest BCUT2D eigenvalue weighted by atomic mass is 10.1. The van der Waals surface area contributed by atoms with Crippen LogP contribution in [0.3, 0.4) is 0 Å². The molecule has 5 rings (SSSR count). The summed E-state index contributed by atoms with van der Waals surface area (Å²) in [6.45, 7) is 6.00. The summed E-state index contributed by atoms with van der Waals surface area (Å²) in [5.74, 6) is 0.690.